The molecule has 1 aromatic carbocycles. The lowest BCUT2D eigenvalue weighted by Gasteiger charge is -2.07. The minimum absolute atomic E-state index is 0.337. The zero-order valence-electron chi connectivity index (χ0n) is 13.3. The Labute approximate surface area is 142 Å². The van der Waals surface area contributed by atoms with Gasteiger partial charge in [-0.15, -0.1) is 11.3 Å². The van der Waals surface area contributed by atoms with E-state index >= 15 is 0 Å². The smallest absolute Gasteiger partial charge is 0.323 e. The Bertz CT molecular complexity index is 974. The number of carboxylic acid groups (broad SMARTS) is 1. The number of fused-ring (bicyclic) bond motifs is 1. The molecule has 0 aliphatic carbocycles. The van der Waals surface area contributed by atoms with Crippen molar-refractivity contribution in [1.82, 2.24) is 9.55 Å². The highest BCUT2D eigenvalue weighted by Gasteiger charge is 2.19. The molecule has 0 saturated heterocycles. The van der Waals surface area contributed by atoms with Crippen molar-refractivity contribution in [3.05, 3.63) is 45.8 Å². The number of hydrogen-bond acceptors (Lipinski definition) is 5. The molecular formula is C17H16N2O4S. The van der Waals surface area contributed by atoms with Crippen molar-refractivity contribution in [3.63, 3.8) is 0 Å². The van der Waals surface area contributed by atoms with E-state index in [0.29, 0.717) is 16.0 Å². The summed E-state index contributed by atoms with van der Waals surface area (Å²) in [5.74, 6) is -0.379. The topological polar surface area (TPSA) is 81.4 Å². The third-order valence-electron chi connectivity index (χ3n) is 3.74. The molecule has 124 valence electrons. The van der Waals surface area contributed by atoms with Gasteiger partial charge in [-0.25, -0.2) is 4.98 Å². The Kier molecular flexibility index (Phi) is 4.35. The minimum atomic E-state index is -1.08. The normalized spacial score (nSPS) is 10.9. The summed E-state index contributed by atoms with van der Waals surface area (Å²) in [6.07, 6.45) is 2.05. The van der Waals surface area contributed by atoms with Crippen molar-refractivity contribution in [1.29, 1.82) is 0 Å². The molecule has 0 saturated carbocycles. The van der Waals surface area contributed by atoms with Crippen molar-refractivity contribution in [3.8, 4) is 16.9 Å². The molecule has 0 spiro atoms. The summed E-state index contributed by atoms with van der Waals surface area (Å²) in [7, 11) is 1.59. The van der Waals surface area contributed by atoms with Crippen LogP contribution in [0.15, 0.2) is 35.4 Å². The second-order valence-electron chi connectivity index (χ2n) is 5.24. The van der Waals surface area contributed by atoms with E-state index in [2.05, 4.69) is 4.98 Å². The van der Waals surface area contributed by atoms with Crippen LogP contribution in [-0.4, -0.2) is 27.7 Å². The van der Waals surface area contributed by atoms with Crippen LogP contribution in [0.4, 0.5) is 0 Å². The molecule has 0 unspecified atom stereocenters. The van der Waals surface area contributed by atoms with Gasteiger partial charge in [-0.1, -0.05) is 19.1 Å². The van der Waals surface area contributed by atoms with E-state index in [4.69, 9.17) is 9.84 Å². The number of carbonyl (C=O) groups is 1. The van der Waals surface area contributed by atoms with Gasteiger partial charge in [0, 0.05) is 10.4 Å². The fourth-order valence-corrected chi connectivity index (χ4v) is 3.75. The molecule has 0 bridgehead atoms. The first kappa shape index (κ1) is 16.2. The van der Waals surface area contributed by atoms with Crippen LogP contribution in [-0.2, 0) is 17.8 Å². The lowest BCUT2D eigenvalue weighted by Crippen LogP contribution is -2.24. The summed E-state index contributed by atoms with van der Waals surface area (Å²) in [5.41, 5.74) is 1.34. The summed E-state index contributed by atoms with van der Waals surface area (Å²) in [5, 5.41) is 9.43. The SMILES string of the molecule is CCc1sc2ncn(CC(=O)O)c(=O)c2c1-c1cccc(OC)c1. The molecule has 0 aliphatic heterocycles. The van der Waals surface area contributed by atoms with E-state index in [9.17, 15) is 9.59 Å². The molecule has 7 heteroatoms. The predicted octanol–water partition coefficient (Wildman–Crippen LogP) is 2.78. The molecule has 0 radical (unpaired) electrons. The number of aliphatic carboxylic acids is 1. The van der Waals surface area contributed by atoms with E-state index < -0.39 is 12.5 Å². The number of rotatable bonds is 5. The Hall–Kier alpha value is -2.67. The first-order valence-electron chi connectivity index (χ1n) is 7.42. The quantitative estimate of drug-likeness (QED) is 0.770. The van der Waals surface area contributed by atoms with Crippen LogP contribution in [0, 0.1) is 0 Å². The van der Waals surface area contributed by atoms with Crippen molar-refractivity contribution in [2.45, 2.75) is 19.9 Å². The van der Waals surface area contributed by atoms with Gasteiger partial charge in [0.15, 0.2) is 0 Å². The molecular weight excluding hydrogens is 328 g/mol. The van der Waals surface area contributed by atoms with Crippen LogP contribution in [0.1, 0.15) is 11.8 Å². The van der Waals surface area contributed by atoms with E-state index in [-0.39, 0.29) is 5.56 Å². The summed E-state index contributed by atoms with van der Waals surface area (Å²) in [4.78, 5) is 29.7. The van der Waals surface area contributed by atoms with Crippen LogP contribution in [0.2, 0.25) is 0 Å². The maximum absolute atomic E-state index is 12.8. The van der Waals surface area contributed by atoms with Gasteiger partial charge in [0.1, 0.15) is 17.1 Å². The molecule has 3 rings (SSSR count). The molecule has 3 aromatic rings. The average Bonchev–Trinajstić information content (AvgIpc) is 2.96. The maximum atomic E-state index is 12.8. The fraction of sp³-hybridized carbons (Fsp3) is 0.235. The Morgan fingerprint density at radius 3 is 2.88 bits per heavy atom. The van der Waals surface area contributed by atoms with Crippen LogP contribution in [0.5, 0.6) is 5.75 Å². The van der Waals surface area contributed by atoms with Gasteiger partial charge in [-0.3, -0.25) is 14.2 Å². The van der Waals surface area contributed by atoms with Crippen LogP contribution >= 0.6 is 11.3 Å². The van der Waals surface area contributed by atoms with Gasteiger partial charge in [0.2, 0.25) is 0 Å². The molecule has 2 aromatic heterocycles. The summed E-state index contributed by atoms with van der Waals surface area (Å²) in [6, 6.07) is 7.49. The number of benzene rings is 1. The lowest BCUT2D eigenvalue weighted by atomic mass is 10.0. The highest BCUT2D eigenvalue weighted by atomic mass is 32.1. The second kappa shape index (κ2) is 6.45. The monoisotopic (exact) mass is 344 g/mol. The molecule has 0 fully saturated rings. The van der Waals surface area contributed by atoms with Crippen LogP contribution < -0.4 is 10.3 Å². The first-order chi connectivity index (χ1) is 11.5. The first-order valence-corrected chi connectivity index (χ1v) is 8.23. The van der Waals surface area contributed by atoms with Gasteiger partial charge < -0.3 is 9.84 Å². The van der Waals surface area contributed by atoms with Crippen LogP contribution in [0.25, 0.3) is 21.3 Å². The second-order valence-corrected chi connectivity index (χ2v) is 6.32. The molecule has 0 amide bonds. The molecule has 2 heterocycles. The minimum Gasteiger partial charge on any atom is -0.497 e. The fourth-order valence-electron chi connectivity index (χ4n) is 2.66. The third kappa shape index (κ3) is 2.78. The van der Waals surface area contributed by atoms with Gasteiger partial charge in [0.25, 0.3) is 5.56 Å². The summed E-state index contributed by atoms with van der Waals surface area (Å²) < 4.78 is 6.40. The van der Waals surface area contributed by atoms with Crippen molar-refractivity contribution < 1.29 is 14.6 Å². The number of ether oxygens (including phenoxy) is 1. The molecule has 1 N–H and O–H groups in total. The third-order valence-corrected chi connectivity index (χ3v) is 4.98. The molecule has 0 aliphatic rings. The number of aryl methyl sites for hydroxylation is 1. The van der Waals surface area contributed by atoms with E-state index in [0.717, 1.165) is 27.0 Å². The summed E-state index contributed by atoms with van der Waals surface area (Å²) in [6.45, 7) is 1.61. The van der Waals surface area contributed by atoms with Gasteiger partial charge in [-0.05, 0) is 24.1 Å². The average molecular weight is 344 g/mol. The molecule has 24 heavy (non-hydrogen) atoms. The van der Waals surface area contributed by atoms with Crippen molar-refractivity contribution in [2.75, 3.05) is 7.11 Å². The number of thiophene rings is 1. The largest absolute Gasteiger partial charge is 0.497 e. The summed E-state index contributed by atoms with van der Waals surface area (Å²) >= 11 is 1.46. The predicted molar refractivity (Wildman–Crippen MR) is 92.9 cm³/mol. The molecule has 6 nitrogen and oxygen atoms in total. The Balaban J connectivity index is 2.32. The zero-order chi connectivity index (χ0) is 17.3. The van der Waals surface area contributed by atoms with E-state index in [1.54, 1.807) is 7.11 Å². The maximum Gasteiger partial charge on any atom is 0.323 e. The lowest BCUT2D eigenvalue weighted by molar-refractivity contribution is -0.137. The van der Waals surface area contributed by atoms with Gasteiger partial charge >= 0.3 is 5.97 Å². The van der Waals surface area contributed by atoms with Crippen molar-refractivity contribution >= 4 is 27.5 Å². The van der Waals surface area contributed by atoms with Gasteiger partial charge in [0.05, 0.1) is 18.8 Å². The molecule has 0 atom stereocenters. The number of methoxy groups -OCH3 is 1. The Morgan fingerprint density at radius 1 is 1.42 bits per heavy atom. The number of hydrogen-bond donors (Lipinski definition) is 1. The Morgan fingerprint density at radius 2 is 2.21 bits per heavy atom. The zero-order valence-corrected chi connectivity index (χ0v) is 14.1. The van der Waals surface area contributed by atoms with E-state index in [1.807, 2.05) is 31.2 Å². The highest BCUT2D eigenvalue weighted by molar-refractivity contribution is 7.19. The highest BCUT2D eigenvalue weighted by Crippen LogP contribution is 2.37. The van der Waals surface area contributed by atoms with Crippen LogP contribution in [0.3, 0.4) is 0 Å². The van der Waals surface area contributed by atoms with Crippen molar-refractivity contribution in [2.24, 2.45) is 0 Å². The number of aromatic nitrogens is 2. The number of carboxylic acids is 1. The number of nitrogens with zero attached hydrogens (tertiary/aromatic N) is 2. The van der Waals surface area contributed by atoms with Gasteiger partial charge in [-0.2, -0.15) is 0 Å². The van der Waals surface area contributed by atoms with E-state index in [1.165, 1.54) is 17.7 Å². The standard InChI is InChI=1S/C17H16N2O4S/c1-3-12-14(10-5-4-6-11(7-10)23-2)15-16(24-12)18-9-19(17(15)22)8-13(20)21/h4-7,9H,3,8H2,1-2H3,(H,20,21).